The number of carbonyl (C=O) groups is 2. The summed E-state index contributed by atoms with van der Waals surface area (Å²) in [5.74, 6) is -0.0934. The number of nitrogens with one attached hydrogen (secondary N) is 1. The maximum atomic E-state index is 12.2. The first-order valence-electron chi connectivity index (χ1n) is 7.98. The molecule has 2 N–H and O–H groups in total. The minimum Gasteiger partial charge on any atom is -0.391 e. The number of β-amino-alcohol motifs (C(OH)–C–C–N with tert-alkyl or cyclic N) is 1. The van der Waals surface area contributed by atoms with Crippen molar-refractivity contribution in [3.8, 4) is 0 Å². The summed E-state index contributed by atoms with van der Waals surface area (Å²) >= 11 is 0. The molecule has 0 bridgehead atoms. The molecule has 2 aliphatic heterocycles. The monoisotopic (exact) mass is 302 g/mol. The maximum Gasteiger partial charge on any atom is 0.227 e. The van der Waals surface area contributed by atoms with Crippen LogP contribution in [-0.4, -0.2) is 41.0 Å². The molecule has 1 aromatic carbocycles. The second kappa shape index (κ2) is 6.48. The number of aliphatic hydroxyl groups excluding tert-OH is 1. The molecule has 5 heteroatoms. The molecule has 0 spiro atoms. The van der Waals surface area contributed by atoms with Gasteiger partial charge in [0.05, 0.1) is 6.10 Å². The number of hydrogen-bond donors (Lipinski definition) is 2. The van der Waals surface area contributed by atoms with E-state index in [4.69, 9.17) is 0 Å². The minimum atomic E-state index is -0.400. The third-order valence-corrected chi connectivity index (χ3v) is 4.57. The van der Waals surface area contributed by atoms with Crippen molar-refractivity contribution in [2.45, 2.75) is 38.2 Å². The number of rotatable bonds is 3. The molecule has 2 heterocycles. The van der Waals surface area contributed by atoms with Crippen molar-refractivity contribution in [1.29, 1.82) is 0 Å². The molecule has 3 rings (SSSR count). The Morgan fingerprint density at radius 3 is 3.00 bits per heavy atom. The first-order valence-corrected chi connectivity index (χ1v) is 7.98. The van der Waals surface area contributed by atoms with Crippen LogP contribution in [0.2, 0.25) is 0 Å². The lowest BCUT2D eigenvalue weighted by Gasteiger charge is -2.31. The fourth-order valence-electron chi connectivity index (χ4n) is 3.28. The number of piperidine rings is 1. The average Bonchev–Trinajstić information content (AvgIpc) is 2.52. The summed E-state index contributed by atoms with van der Waals surface area (Å²) in [6.45, 7) is 1.15. The normalized spacial score (nSPS) is 24.6. The van der Waals surface area contributed by atoms with E-state index in [1.54, 1.807) is 4.90 Å². The van der Waals surface area contributed by atoms with Gasteiger partial charge in [0, 0.05) is 31.1 Å². The van der Waals surface area contributed by atoms with Crippen LogP contribution in [0.4, 0.5) is 5.69 Å². The number of benzene rings is 1. The highest BCUT2D eigenvalue weighted by molar-refractivity contribution is 5.96. The van der Waals surface area contributed by atoms with Gasteiger partial charge in [-0.1, -0.05) is 18.2 Å². The van der Waals surface area contributed by atoms with Gasteiger partial charge in [0.2, 0.25) is 11.8 Å². The number of aliphatic hydroxyl groups is 1. The standard InChI is InChI=1S/C17H22N2O3/c20-14-5-3-9-19(11-14)16(21)8-7-13-10-12-4-1-2-6-15(12)18-17(13)22/h1-2,4,6,13-14,20H,3,5,7-11H2,(H,18,22)/t13-,14-/m0/s1. The lowest BCUT2D eigenvalue weighted by Crippen LogP contribution is -2.42. The average molecular weight is 302 g/mol. The Kier molecular flexibility index (Phi) is 4.43. The summed E-state index contributed by atoms with van der Waals surface area (Å²) in [5, 5.41) is 12.6. The van der Waals surface area contributed by atoms with E-state index in [9.17, 15) is 14.7 Å². The van der Waals surface area contributed by atoms with Crippen molar-refractivity contribution in [2.75, 3.05) is 18.4 Å². The minimum absolute atomic E-state index is 0.00480. The predicted octanol–water partition coefficient (Wildman–Crippen LogP) is 1.56. The van der Waals surface area contributed by atoms with Gasteiger partial charge in [-0.15, -0.1) is 0 Å². The van der Waals surface area contributed by atoms with Gasteiger partial charge in [-0.05, 0) is 37.3 Å². The molecule has 0 aliphatic carbocycles. The fourth-order valence-corrected chi connectivity index (χ4v) is 3.28. The van der Waals surface area contributed by atoms with Gasteiger partial charge >= 0.3 is 0 Å². The van der Waals surface area contributed by atoms with Crippen LogP contribution in [0.3, 0.4) is 0 Å². The first kappa shape index (κ1) is 15.0. The van der Waals surface area contributed by atoms with Crippen molar-refractivity contribution in [3.05, 3.63) is 29.8 Å². The lowest BCUT2D eigenvalue weighted by atomic mass is 9.89. The highest BCUT2D eigenvalue weighted by atomic mass is 16.3. The molecular weight excluding hydrogens is 280 g/mol. The second-order valence-electron chi connectivity index (χ2n) is 6.22. The quantitative estimate of drug-likeness (QED) is 0.890. The molecule has 2 amide bonds. The molecule has 0 aromatic heterocycles. The van der Waals surface area contributed by atoms with E-state index in [1.165, 1.54) is 0 Å². The van der Waals surface area contributed by atoms with E-state index in [-0.39, 0.29) is 17.7 Å². The summed E-state index contributed by atoms with van der Waals surface area (Å²) in [6.07, 6.45) is 2.84. The number of carbonyl (C=O) groups excluding carboxylic acids is 2. The SMILES string of the molecule is O=C1Nc2ccccc2C[C@@H]1CCC(=O)N1CCC[C@H](O)C1. The van der Waals surface area contributed by atoms with Crippen molar-refractivity contribution in [3.63, 3.8) is 0 Å². The van der Waals surface area contributed by atoms with Gasteiger partial charge < -0.3 is 15.3 Å². The van der Waals surface area contributed by atoms with Gasteiger partial charge in [-0.2, -0.15) is 0 Å². The molecular formula is C17H22N2O3. The Labute approximate surface area is 130 Å². The van der Waals surface area contributed by atoms with Crippen LogP contribution < -0.4 is 5.32 Å². The largest absolute Gasteiger partial charge is 0.391 e. The van der Waals surface area contributed by atoms with Crippen LogP contribution in [0.15, 0.2) is 24.3 Å². The van der Waals surface area contributed by atoms with Crippen molar-refractivity contribution in [2.24, 2.45) is 5.92 Å². The number of hydrogen-bond acceptors (Lipinski definition) is 3. The van der Waals surface area contributed by atoms with Gasteiger partial charge in [0.25, 0.3) is 0 Å². The van der Waals surface area contributed by atoms with E-state index in [0.717, 1.165) is 30.6 Å². The highest BCUT2D eigenvalue weighted by Gasteiger charge is 2.28. The van der Waals surface area contributed by atoms with Crippen LogP contribution in [-0.2, 0) is 16.0 Å². The highest BCUT2D eigenvalue weighted by Crippen LogP contribution is 2.27. The zero-order valence-electron chi connectivity index (χ0n) is 12.6. The topological polar surface area (TPSA) is 69.6 Å². The maximum absolute atomic E-state index is 12.2. The van der Waals surface area contributed by atoms with Crippen molar-refractivity contribution in [1.82, 2.24) is 4.90 Å². The van der Waals surface area contributed by atoms with Crippen LogP contribution in [0.5, 0.6) is 0 Å². The van der Waals surface area contributed by atoms with E-state index >= 15 is 0 Å². The molecule has 22 heavy (non-hydrogen) atoms. The molecule has 0 unspecified atom stereocenters. The smallest absolute Gasteiger partial charge is 0.227 e. The number of fused-ring (bicyclic) bond motifs is 1. The van der Waals surface area contributed by atoms with Crippen molar-refractivity contribution >= 4 is 17.5 Å². The molecule has 1 saturated heterocycles. The van der Waals surface area contributed by atoms with Gasteiger partial charge in [-0.25, -0.2) is 0 Å². The van der Waals surface area contributed by atoms with E-state index in [0.29, 0.717) is 25.8 Å². The summed E-state index contributed by atoms with van der Waals surface area (Å²) < 4.78 is 0. The third-order valence-electron chi connectivity index (χ3n) is 4.57. The van der Waals surface area contributed by atoms with Crippen LogP contribution in [0.1, 0.15) is 31.2 Å². The Hall–Kier alpha value is -1.88. The Morgan fingerprint density at radius 2 is 2.18 bits per heavy atom. The summed E-state index contributed by atoms with van der Waals surface area (Å²) in [4.78, 5) is 26.1. The molecule has 1 aromatic rings. The number of anilines is 1. The number of likely N-dealkylation sites (tertiary alicyclic amines) is 1. The third kappa shape index (κ3) is 3.30. The molecule has 2 aliphatic rings. The predicted molar refractivity (Wildman–Crippen MR) is 83.3 cm³/mol. The molecule has 1 fully saturated rings. The van der Waals surface area contributed by atoms with Gasteiger partial charge in [0.15, 0.2) is 0 Å². The zero-order valence-corrected chi connectivity index (χ0v) is 12.6. The number of nitrogens with zero attached hydrogens (tertiary/aromatic N) is 1. The van der Waals surface area contributed by atoms with Crippen LogP contribution >= 0.6 is 0 Å². The molecule has 0 radical (unpaired) electrons. The zero-order chi connectivity index (χ0) is 15.5. The Balaban J connectivity index is 1.55. The Morgan fingerprint density at radius 1 is 1.36 bits per heavy atom. The summed E-state index contributed by atoms with van der Waals surface area (Å²) in [7, 11) is 0. The first-order chi connectivity index (χ1) is 10.6. The molecule has 0 saturated carbocycles. The van der Waals surface area contributed by atoms with Gasteiger partial charge in [-0.3, -0.25) is 9.59 Å². The van der Waals surface area contributed by atoms with E-state index in [1.807, 2.05) is 24.3 Å². The van der Waals surface area contributed by atoms with Crippen LogP contribution in [0, 0.1) is 5.92 Å². The van der Waals surface area contributed by atoms with Crippen LogP contribution in [0.25, 0.3) is 0 Å². The van der Waals surface area contributed by atoms with E-state index in [2.05, 4.69) is 5.32 Å². The number of para-hydroxylation sites is 1. The molecule has 5 nitrogen and oxygen atoms in total. The van der Waals surface area contributed by atoms with Crippen molar-refractivity contribution < 1.29 is 14.7 Å². The molecule has 118 valence electrons. The summed E-state index contributed by atoms with van der Waals surface area (Å²) in [6, 6.07) is 7.80. The molecule has 2 atom stereocenters. The second-order valence-corrected chi connectivity index (χ2v) is 6.22. The Bertz CT molecular complexity index is 573. The van der Waals surface area contributed by atoms with E-state index < -0.39 is 6.10 Å². The lowest BCUT2D eigenvalue weighted by molar-refractivity contribution is -0.134. The van der Waals surface area contributed by atoms with Gasteiger partial charge in [0.1, 0.15) is 0 Å². The number of amides is 2. The summed E-state index contributed by atoms with van der Waals surface area (Å²) in [5.41, 5.74) is 2.02. The fraction of sp³-hybridized carbons (Fsp3) is 0.529.